The van der Waals surface area contributed by atoms with E-state index in [0.717, 1.165) is 25.2 Å². The highest BCUT2D eigenvalue weighted by molar-refractivity contribution is 5.30. The standard InChI is InChI=1S/C8H12N4/c1-3-4-5-6-9-8-7-10-11-12(8)2/h1,7,9H,4-6H2,2H3. The van der Waals surface area contributed by atoms with Gasteiger partial charge in [-0.15, -0.1) is 17.4 Å². The Bertz CT molecular complexity index is 271. The first-order valence-corrected chi connectivity index (χ1v) is 3.86. The fourth-order valence-electron chi connectivity index (χ4n) is 0.857. The summed E-state index contributed by atoms with van der Waals surface area (Å²) >= 11 is 0. The molecule has 1 aromatic rings. The second-order valence-electron chi connectivity index (χ2n) is 2.48. The molecule has 1 rings (SSSR count). The molecule has 0 aliphatic heterocycles. The van der Waals surface area contributed by atoms with E-state index in [-0.39, 0.29) is 0 Å². The van der Waals surface area contributed by atoms with Gasteiger partial charge in [0.1, 0.15) is 5.82 Å². The van der Waals surface area contributed by atoms with Crippen LogP contribution in [0, 0.1) is 12.3 Å². The number of rotatable bonds is 4. The van der Waals surface area contributed by atoms with Gasteiger partial charge in [0.15, 0.2) is 0 Å². The molecule has 0 amide bonds. The molecule has 0 atom stereocenters. The number of unbranched alkanes of at least 4 members (excludes halogenated alkanes) is 1. The lowest BCUT2D eigenvalue weighted by Gasteiger charge is -2.02. The van der Waals surface area contributed by atoms with E-state index in [4.69, 9.17) is 6.42 Å². The first kappa shape index (κ1) is 8.60. The Kier molecular flexibility index (Phi) is 3.15. The van der Waals surface area contributed by atoms with Crippen LogP contribution in [0.5, 0.6) is 0 Å². The molecular weight excluding hydrogens is 152 g/mol. The third kappa shape index (κ3) is 2.27. The number of nitrogens with one attached hydrogen (secondary N) is 1. The molecule has 0 saturated carbocycles. The van der Waals surface area contributed by atoms with Crippen molar-refractivity contribution in [2.45, 2.75) is 12.8 Å². The number of terminal acetylenes is 1. The highest BCUT2D eigenvalue weighted by Crippen LogP contribution is 2.00. The summed E-state index contributed by atoms with van der Waals surface area (Å²) in [7, 11) is 1.84. The van der Waals surface area contributed by atoms with Crippen LogP contribution in [0.2, 0.25) is 0 Å². The van der Waals surface area contributed by atoms with Gasteiger partial charge in [-0.3, -0.25) is 0 Å². The number of aryl methyl sites for hydroxylation is 1. The lowest BCUT2D eigenvalue weighted by Crippen LogP contribution is -2.05. The van der Waals surface area contributed by atoms with Gasteiger partial charge in [-0.1, -0.05) is 5.21 Å². The monoisotopic (exact) mass is 164 g/mol. The lowest BCUT2D eigenvalue weighted by molar-refractivity contribution is 0.715. The van der Waals surface area contributed by atoms with Crippen LogP contribution in [0.4, 0.5) is 5.82 Å². The van der Waals surface area contributed by atoms with Crippen molar-refractivity contribution in [1.82, 2.24) is 15.0 Å². The molecule has 1 heterocycles. The van der Waals surface area contributed by atoms with Gasteiger partial charge in [0, 0.05) is 20.0 Å². The van der Waals surface area contributed by atoms with Crippen LogP contribution in [0.25, 0.3) is 0 Å². The third-order valence-electron chi connectivity index (χ3n) is 1.52. The van der Waals surface area contributed by atoms with Crippen molar-refractivity contribution in [1.29, 1.82) is 0 Å². The number of hydrogen-bond donors (Lipinski definition) is 1. The third-order valence-corrected chi connectivity index (χ3v) is 1.52. The van der Waals surface area contributed by atoms with Crippen molar-refractivity contribution in [2.75, 3.05) is 11.9 Å². The zero-order valence-electron chi connectivity index (χ0n) is 7.12. The number of nitrogens with zero attached hydrogens (tertiary/aromatic N) is 3. The van der Waals surface area contributed by atoms with Crippen molar-refractivity contribution in [3.8, 4) is 12.3 Å². The van der Waals surface area contributed by atoms with E-state index in [1.807, 2.05) is 7.05 Å². The van der Waals surface area contributed by atoms with E-state index in [1.165, 1.54) is 0 Å². The SMILES string of the molecule is C#CCCCNc1cnnn1C. The molecule has 4 heteroatoms. The fraction of sp³-hybridized carbons (Fsp3) is 0.500. The van der Waals surface area contributed by atoms with Gasteiger partial charge in [0.25, 0.3) is 0 Å². The zero-order valence-corrected chi connectivity index (χ0v) is 7.12. The molecule has 0 unspecified atom stereocenters. The van der Waals surface area contributed by atoms with Crippen LogP contribution in [0.15, 0.2) is 6.20 Å². The second-order valence-corrected chi connectivity index (χ2v) is 2.48. The molecule has 64 valence electrons. The molecule has 0 spiro atoms. The van der Waals surface area contributed by atoms with Gasteiger partial charge < -0.3 is 5.32 Å². The van der Waals surface area contributed by atoms with Gasteiger partial charge in [-0.05, 0) is 6.42 Å². The summed E-state index contributed by atoms with van der Waals surface area (Å²) in [5.74, 6) is 3.51. The predicted molar refractivity (Wildman–Crippen MR) is 47.6 cm³/mol. The molecule has 0 saturated heterocycles. The van der Waals surface area contributed by atoms with Gasteiger partial charge in [0.2, 0.25) is 0 Å². The average molecular weight is 164 g/mol. The Morgan fingerprint density at radius 1 is 1.75 bits per heavy atom. The molecular formula is C8H12N4. The summed E-state index contributed by atoms with van der Waals surface area (Å²) in [4.78, 5) is 0. The minimum atomic E-state index is 0.804. The zero-order chi connectivity index (χ0) is 8.81. The molecule has 0 aliphatic carbocycles. The summed E-state index contributed by atoms with van der Waals surface area (Å²) in [6.07, 6.45) is 8.58. The summed E-state index contributed by atoms with van der Waals surface area (Å²) in [5.41, 5.74) is 0. The van der Waals surface area contributed by atoms with Gasteiger partial charge in [0.05, 0.1) is 6.20 Å². The minimum Gasteiger partial charge on any atom is -0.369 e. The van der Waals surface area contributed by atoms with Crippen LogP contribution in [-0.2, 0) is 7.05 Å². The smallest absolute Gasteiger partial charge is 0.144 e. The first-order chi connectivity index (χ1) is 5.84. The molecule has 0 fully saturated rings. The molecule has 12 heavy (non-hydrogen) atoms. The maximum atomic E-state index is 5.11. The second kappa shape index (κ2) is 4.39. The van der Waals surface area contributed by atoms with E-state index in [0.29, 0.717) is 0 Å². The Labute approximate surface area is 72.0 Å². The van der Waals surface area contributed by atoms with Crippen LogP contribution >= 0.6 is 0 Å². The Morgan fingerprint density at radius 2 is 2.58 bits per heavy atom. The topological polar surface area (TPSA) is 42.7 Å². The number of hydrogen-bond acceptors (Lipinski definition) is 3. The largest absolute Gasteiger partial charge is 0.369 e. The normalized spacial score (nSPS) is 9.33. The van der Waals surface area contributed by atoms with Gasteiger partial charge in [-0.2, -0.15) is 0 Å². The Balaban J connectivity index is 2.25. The predicted octanol–water partition coefficient (Wildman–Crippen LogP) is 0.640. The molecule has 4 nitrogen and oxygen atoms in total. The lowest BCUT2D eigenvalue weighted by atomic mass is 10.3. The van der Waals surface area contributed by atoms with Gasteiger partial charge in [-0.25, -0.2) is 4.68 Å². The summed E-state index contributed by atoms with van der Waals surface area (Å²) in [5, 5.41) is 10.7. The van der Waals surface area contributed by atoms with Crippen molar-refractivity contribution in [2.24, 2.45) is 7.05 Å². The van der Waals surface area contributed by atoms with Crippen molar-refractivity contribution in [3.05, 3.63) is 6.20 Å². The Hall–Kier alpha value is -1.50. The van der Waals surface area contributed by atoms with E-state index in [1.54, 1.807) is 10.9 Å². The fourth-order valence-corrected chi connectivity index (χ4v) is 0.857. The quantitative estimate of drug-likeness (QED) is 0.524. The molecule has 1 N–H and O–H groups in total. The van der Waals surface area contributed by atoms with Crippen LogP contribution < -0.4 is 5.32 Å². The van der Waals surface area contributed by atoms with Crippen LogP contribution in [-0.4, -0.2) is 21.5 Å². The molecule has 1 aromatic heterocycles. The molecule has 0 radical (unpaired) electrons. The number of aromatic nitrogens is 3. The minimum absolute atomic E-state index is 0.804. The van der Waals surface area contributed by atoms with Crippen molar-refractivity contribution >= 4 is 5.82 Å². The molecule has 0 bridgehead atoms. The van der Waals surface area contributed by atoms with E-state index in [9.17, 15) is 0 Å². The average Bonchev–Trinajstić information content (AvgIpc) is 2.46. The maximum absolute atomic E-state index is 5.11. The maximum Gasteiger partial charge on any atom is 0.144 e. The van der Waals surface area contributed by atoms with Crippen LogP contribution in [0.3, 0.4) is 0 Å². The highest BCUT2D eigenvalue weighted by Gasteiger charge is 1.95. The first-order valence-electron chi connectivity index (χ1n) is 3.86. The van der Waals surface area contributed by atoms with E-state index in [2.05, 4.69) is 21.5 Å². The van der Waals surface area contributed by atoms with E-state index >= 15 is 0 Å². The highest BCUT2D eigenvalue weighted by atomic mass is 15.4. The molecule has 0 aliphatic rings. The number of anilines is 1. The summed E-state index contributed by atoms with van der Waals surface area (Å²) in [6, 6.07) is 0. The molecule has 0 aromatic carbocycles. The van der Waals surface area contributed by atoms with Gasteiger partial charge >= 0.3 is 0 Å². The van der Waals surface area contributed by atoms with Crippen molar-refractivity contribution in [3.63, 3.8) is 0 Å². The Morgan fingerprint density at radius 3 is 3.17 bits per heavy atom. The summed E-state index contributed by atoms with van der Waals surface area (Å²) < 4.78 is 1.69. The van der Waals surface area contributed by atoms with Crippen molar-refractivity contribution < 1.29 is 0 Å². The van der Waals surface area contributed by atoms with E-state index < -0.39 is 0 Å². The summed E-state index contributed by atoms with van der Waals surface area (Å²) in [6.45, 7) is 0.866. The van der Waals surface area contributed by atoms with Crippen LogP contribution in [0.1, 0.15) is 12.8 Å².